The van der Waals surface area contributed by atoms with E-state index in [1.54, 1.807) is 6.07 Å². The molecule has 27 heavy (non-hydrogen) atoms. The van der Waals surface area contributed by atoms with Crippen molar-refractivity contribution in [2.45, 2.75) is 12.8 Å². The highest BCUT2D eigenvalue weighted by atomic mass is 19.1. The smallest absolute Gasteiger partial charge is 0.272 e. The third kappa shape index (κ3) is 2.26. The van der Waals surface area contributed by atoms with Gasteiger partial charge in [0.15, 0.2) is 0 Å². The monoisotopic (exact) mass is 364 g/mol. The molecule has 1 aliphatic heterocycles. The topological polar surface area (TPSA) is 112 Å². The van der Waals surface area contributed by atoms with Gasteiger partial charge in [-0.2, -0.15) is 5.10 Å². The maximum atomic E-state index is 14.1. The van der Waals surface area contributed by atoms with Gasteiger partial charge in [0.2, 0.25) is 0 Å². The predicted molar refractivity (Wildman–Crippen MR) is 102 cm³/mol. The van der Waals surface area contributed by atoms with E-state index < -0.39 is 11.4 Å². The molecule has 1 fully saturated rings. The van der Waals surface area contributed by atoms with E-state index in [4.69, 9.17) is 10.7 Å². The van der Waals surface area contributed by atoms with Gasteiger partial charge in [-0.25, -0.2) is 9.37 Å². The number of hydrogen-bond acceptors (Lipinski definition) is 5. The minimum absolute atomic E-state index is 0.0608. The minimum atomic E-state index is -0.413. The maximum Gasteiger partial charge on any atom is 0.272 e. The van der Waals surface area contributed by atoms with Crippen molar-refractivity contribution in [3.05, 3.63) is 51.8 Å². The van der Waals surface area contributed by atoms with E-state index in [1.807, 2.05) is 13.0 Å². The molecule has 1 aliphatic rings. The van der Waals surface area contributed by atoms with E-state index in [1.165, 1.54) is 12.3 Å². The lowest BCUT2D eigenvalue weighted by Gasteiger charge is -2.28. The van der Waals surface area contributed by atoms with Crippen LogP contribution in [0.5, 0.6) is 0 Å². The number of hydrogen-bond donors (Lipinski definition) is 4. The number of aryl methyl sites for hydroxylation is 1. The van der Waals surface area contributed by atoms with Crippen LogP contribution in [-0.2, 0) is 0 Å². The molecule has 0 aliphatic carbocycles. The maximum absolute atomic E-state index is 14.1. The molecule has 0 unspecified atom stereocenters. The summed E-state index contributed by atoms with van der Waals surface area (Å²) in [4.78, 5) is 20.1. The molecule has 4 aromatic rings. The van der Waals surface area contributed by atoms with E-state index in [2.05, 4.69) is 20.5 Å². The molecule has 1 aromatic carbocycles. The molecule has 5 rings (SSSR count). The summed E-state index contributed by atoms with van der Waals surface area (Å²) < 4.78 is 14.1. The highest BCUT2D eigenvalue weighted by Gasteiger charge is 2.25. The Labute approximate surface area is 152 Å². The van der Waals surface area contributed by atoms with Gasteiger partial charge in [-0.3, -0.25) is 9.89 Å². The molecule has 5 N–H and O–H groups in total. The molecule has 1 saturated heterocycles. The van der Waals surface area contributed by atoms with Crippen LogP contribution >= 0.6 is 0 Å². The number of pyridine rings is 2. The fraction of sp³-hybridized carbons (Fsp3) is 0.211. The average Bonchev–Trinajstić information content (AvgIpc) is 3.08. The Balaban J connectivity index is 1.89. The first kappa shape index (κ1) is 16.0. The molecule has 0 radical (unpaired) electrons. The van der Waals surface area contributed by atoms with E-state index in [0.717, 1.165) is 24.3 Å². The van der Waals surface area contributed by atoms with Crippen molar-refractivity contribution in [1.82, 2.24) is 25.5 Å². The third-order valence-corrected chi connectivity index (χ3v) is 5.25. The van der Waals surface area contributed by atoms with Gasteiger partial charge in [0, 0.05) is 35.7 Å². The SMILES string of the molecule is Cc1cc2[nH]c(=O)c(N)c(-c3ccc(F)c4[nH]ncc34)c2nc1C1CNC1. The number of anilines is 1. The Morgan fingerprint density at radius 2 is 2.11 bits per heavy atom. The first-order valence-corrected chi connectivity index (χ1v) is 8.70. The number of rotatable bonds is 2. The number of halogens is 1. The third-order valence-electron chi connectivity index (χ3n) is 5.25. The van der Waals surface area contributed by atoms with Crippen molar-refractivity contribution < 1.29 is 4.39 Å². The summed E-state index contributed by atoms with van der Waals surface area (Å²) in [7, 11) is 0. The predicted octanol–water partition coefficient (Wildman–Crippen LogP) is 2.18. The molecule has 0 bridgehead atoms. The molecule has 136 valence electrons. The summed E-state index contributed by atoms with van der Waals surface area (Å²) in [6.45, 7) is 3.73. The summed E-state index contributed by atoms with van der Waals surface area (Å²) in [6.07, 6.45) is 1.53. The zero-order valence-electron chi connectivity index (χ0n) is 14.6. The highest BCUT2D eigenvalue weighted by Crippen LogP contribution is 2.36. The molecule has 7 nitrogen and oxygen atoms in total. The van der Waals surface area contributed by atoms with Gasteiger partial charge < -0.3 is 16.0 Å². The van der Waals surface area contributed by atoms with Gasteiger partial charge in [0.25, 0.3) is 5.56 Å². The molecular weight excluding hydrogens is 347 g/mol. The average molecular weight is 364 g/mol. The number of nitrogen functional groups attached to an aromatic ring is 1. The minimum Gasteiger partial charge on any atom is -0.394 e. The normalized spacial score (nSPS) is 14.7. The highest BCUT2D eigenvalue weighted by molar-refractivity contribution is 6.06. The van der Waals surface area contributed by atoms with Crippen LogP contribution in [0.25, 0.3) is 33.1 Å². The Morgan fingerprint density at radius 1 is 1.30 bits per heavy atom. The molecule has 0 amide bonds. The lowest BCUT2D eigenvalue weighted by atomic mass is 9.93. The lowest BCUT2D eigenvalue weighted by molar-refractivity contribution is 0.439. The number of benzene rings is 1. The van der Waals surface area contributed by atoms with Crippen molar-refractivity contribution in [3.63, 3.8) is 0 Å². The van der Waals surface area contributed by atoms with Crippen LogP contribution in [0.2, 0.25) is 0 Å². The van der Waals surface area contributed by atoms with Gasteiger partial charge in [-0.05, 0) is 30.2 Å². The van der Waals surface area contributed by atoms with Gasteiger partial charge in [-0.1, -0.05) is 6.07 Å². The van der Waals surface area contributed by atoms with Crippen LogP contribution in [0, 0.1) is 12.7 Å². The Morgan fingerprint density at radius 3 is 2.85 bits per heavy atom. The summed E-state index contributed by atoms with van der Waals surface area (Å²) in [5.74, 6) is -0.0819. The molecular formula is C19H17FN6O. The van der Waals surface area contributed by atoms with Crippen LogP contribution in [0.4, 0.5) is 10.1 Å². The fourth-order valence-electron chi connectivity index (χ4n) is 3.73. The first-order valence-electron chi connectivity index (χ1n) is 8.70. The van der Waals surface area contributed by atoms with Crippen LogP contribution in [0.15, 0.2) is 29.2 Å². The molecule has 0 saturated carbocycles. The fourth-order valence-corrected chi connectivity index (χ4v) is 3.73. The molecule has 3 aromatic heterocycles. The number of nitrogens with zero attached hydrogens (tertiary/aromatic N) is 2. The summed E-state index contributed by atoms with van der Waals surface area (Å²) in [5.41, 5.74) is 10.5. The second kappa shape index (κ2) is 5.62. The van der Waals surface area contributed by atoms with E-state index in [9.17, 15) is 9.18 Å². The molecule has 8 heteroatoms. The van der Waals surface area contributed by atoms with Crippen molar-refractivity contribution in [3.8, 4) is 11.1 Å². The van der Waals surface area contributed by atoms with Crippen LogP contribution in [-0.4, -0.2) is 33.3 Å². The number of aromatic nitrogens is 4. The largest absolute Gasteiger partial charge is 0.394 e. The Kier molecular flexibility index (Phi) is 3.32. The van der Waals surface area contributed by atoms with Crippen molar-refractivity contribution in [2.24, 2.45) is 0 Å². The Hall–Kier alpha value is -3.26. The Bertz CT molecular complexity index is 1270. The van der Waals surface area contributed by atoms with Gasteiger partial charge in [0.05, 0.1) is 17.2 Å². The number of H-pyrrole nitrogens is 2. The summed E-state index contributed by atoms with van der Waals surface area (Å²) >= 11 is 0. The summed E-state index contributed by atoms with van der Waals surface area (Å²) in [6, 6.07) is 4.88. The van der Waals surface area contributed by atoms with Gasteiger partial charge >= 0.3 is 0 Å². The quantitative estimate of drug-likeness (QED) is 0.435. The van der Waals surface area contributed by atoms with Crippen LogP contribution < -0.4 is 16.6 Å². The number of nitrogens with one attached hydrogen (secondary N) is 3. The lowest BCUT2D eigenvalue weighted by Crippen LogP contribution is -2.40. The zero-order chi connectivity index (χ0) is 18.7. The number of fused-ring (bicyclic) bond motifs is 2. The second-order valence-corrected chi connectivity index (χ2v) is 6.94. The van der Waals surface area contributed by atoms with Crippen LogP contribution in [0.1, 0.15) is 17.2 Å². The van der Waals surface area contributed by atoms with Crippen molar-refractivity contribution >= 4 is 27.6 Å². The summed E-state index contributed by atoms with van der Waals surface area (Å²) in [5, 5.41) is 10.4. The number of nitrogens with two attached hydrogens (primary N) is 1. The van der Waals surface area contributed by atoms with E-state index >= 15 is 0 Å². The zero-order valence-corrected chi connectivity index (χ0v) is 14.6. The van der Waals surface area contributed by atoms with Crippen molar-refractivity contribution in [2.75, 3.05) is 18.8 Å². The van der Waals surface area contributed by atoms with E-state index in [0.29, 0.717) is 33.5 Å². The molecule has 0 spiro atoms. The van der Waals surface area contributed by atoms with Crippen molar-refractivity contribution in [1.29, 1.82) is 0 Å². The second-order valence-electron chi connectivity index (χ2n) is 6.94. The van der Waals surface area contributed by atoms with Gasteiger partial charge in [0.1, 0.15) is 17.0 Å². The standard InChI is InChI=1S/C19H17FN6O/c1-8-4-13-18(25-16(8)9-5-22-6-9)14(15(21)19(27)24-13)10-2-3-12(20)17-11(10)7-23-26-17/h2-4,7,9,22H,5-6,21H2,1H3,(H,23,26)(H,24,27). The number of aromatic amines is 2. The molecule has 4 heterocycles. The molecule has 0 atom stereocenters. The van der Waals surface area contributed by atoms with Gasteiger partial charge in [-0.15, -0.1) is 0 Å². The van der Waals surface area contributed by atoms with E-state index in [-0.39, 0.29) is 11.2 Å². The van der Waals surface area contributed by atoms with Crippen LogP contribution in [0.3, 0.4) is 0 Å². The first-order chi connectivity index (χ1) is 13.0.